The van der Waals surface area contributed by atoms with Crippen molar-refractivity contribution in [2.45, 2.75) is 40.4 Å². The minimum absolute atomic E-state index is 0.0958. The van der Waals surface area contributed by atoms with Gasteiger partial charge < -0.3 is 15.0 Å². The number of carbonyl (C=O) groups excluding carboxylic acids is 1. The van der Waals surface area contributed by atoms with Crippen LogP contribution < -0.4 is 16.6 Å². The molecule has 0 bridgehead atoms. The molecule has 9 heteroatoms. The maximum atomic E-state index is 12.8. The Bertz CT molecular complexity index is 943. The molecule has 3 rings (SSSR count). The van der Waals surface area contributed by atoms with Crippen molar-refractivity contribution in [1.29, 1.82) is 0 Å². The van der Waals surface area contributed by atoms with Gasteiger partial charge >= 0.3 is 11.7 Å². The van der Waals surface area contributed by atoms with Crippen LogP contribution in [0.5, 0.6) is 0 Å². The fourth-order valence-corrected chi connectivity index (χ4v) is 4.53. The molecule has 1 saturated heterocycles. The number of amides is 2. The van der Waals surface area contributed by atoms with Gasteiger partial charge in [0.25, 0.3) is 5.56 Å². The summed E-state index contributed by atoms with van der Waals surface area (Å²) in [5.41, 5.74) is 0.282. The third-order valence-corrected chi connectivity index (χ3v) is 5.95. The molecular weight excluding hydrogens is 356 g/mol. The van der Waals surface area contributed by atoms with Gasteiger partial charge in [-0.25, -0.2) is 9.59 Å². The topological polar surface area (TPSA) is 85.6 Å². The zero-order valence-electron chi connectivity index (χ0n) is 15.3. The normalized spacial score (nSPS) is 14.4. The molecule has 0 aromatic carbocycles. The molecule has 2 aromatic rings. The number of thiophene rings is 1. The number of nitrogens with one attached hydrogen (secondary N) is 1. The van der Waals surface area contributed by atoms with Crippen LogP contribution in [0.3, 0.4) is 0 Å². The summed E-state index contributed by atoms with van der Waals surface area (Å²) < 4.78 is 8.29. The molecule has 0 unspecified atom stereocenters. The standard InChI is InChI=1S/C17H24N4O4S/c1-4-20-14(22)13-11(3)12(10-19-7-6-18-16(19)23)26-15(13)21(17(20)24)8-9-25-5-2/h4-10H2,1-3H3,(H,18,23). The average molecular weight is 380 g/mol. The van der Waals surface area contributed by atoms with E-state index in [0.29, 0.717) is 56.2 Å². The number of carbonyl (C=O) groups is 1. The highest BCUT2D eigenvalue weighted by atomic mass is 32.1. The molecule has 1 aliphatic heterocycles. The van der Waals surface area contributed by atoms with Gasteiger partial charge in [-0.05, 0) is 26.3 Å². The van der Waals surface area contributed by atoms with Gasteiger partial charge in [0, 0.05) is 31.1 Å². The Morgan fingerprint density at radius 3 is 2.58 bits per heavy atom. The Morgan fingerprint density at radius 1 is 1.19 bits per heavy atom. The van der Waals surface area contributed by atoms with Crippen LogP contribution in [0.2, 0.25) is 0 Å². The molecule has 0 radical (unpaired) electrons. The highest BCUT2D eigenvalue weighted by molar-refractivity contribution is 7.18. The minimum Gasteiger partial charge on any atom is -0.380 e. The zero-order chi connectivity index (χ0) is 18.8. The predicted molar refractivity (Wildman–Crippen MR) is 101 cm³/mol. The van der Waals surface area contributed by atoms with Crippen LogP contribution in [0.15, 0.2) is 9.59 Å². The summed E-state index contributed by atoms with van der Waals surface area (Å²) in [6.45, 7) is 9.00. The van der Waals surface area contributed by atoms with Crippen molar-refractivity contribution < 1.29 is 9.53 Å². The molecule has 0 atom stereocenters. The summed E-state index contributed by atoms with van der Waals surface area (Å²) in [6.07, 6.45) is 0. The zero-order valence-corrected chi connectivity index (χ0v) is 16.1. The first-order chi connectivity index (χ1) is 12.5. The summed E-state index contributed by atoms with van der Waals surface area (Å²) in [5.74, 6) is 0. The van der Waals surface area contributed by atoms with Crippen molar-refractivity contribution in [3.8, 4) is 0 Å². The fraction of sp³-hybridized carbons (Fsp3) is 0.588. The number of nitrogens with zero attached hydrogens (tertiary/aromatic N) is 3. The highest BCUT2D eigenvalue weighted by Gasteiger charge is 2.24. The van der Waals surface area contributed by atoms with Crippen LogP contribution in [0.1, 0.15) is 24.3 Å². The first kappa shape index (κ1) is 18.7. The third-order valence-electron chi connectivity index (χ3n) is 4.65. The van der Waals surface area contributed by atoms with E-state index in [1.165, 1.54) is 15.9 Å². The molecule has 1 aliphatic rings. The Balaban J connectivity index is 2.12. The summed E-state index contributed by atoms with van der Waals surface area (Å²) >= 11 is 1.42. The quantitative estimate of drug-likeness (QED) is 0.730. The average Bonchev–Trinajstić information content (AvgIpc) is 3.16. The molecule has 3 heterocycles. The van der Waals surface area contributed by atoms with E-state index in [2.05, 4.69) is 5.32 Å². The summed E-state index contributed by atoms with van der Waals surface area (Å²) in [6, 6.07) is -0.0958. The molecule has 2 amide bonds. The van der Waals surface area contributed by atoms with Gasteiger partial charge in [0.1, 0.15) is 4.83 Å². The van der Waals surface area contributed by atoms with E-state index in [1.807, 2.05) is 13.8 Å². The lowest BCUT2D eigenvalue weighted by molar-refractivity contribution is 0.138. The Kier molecular flexibility index (Phi) is 5.47. The van der Waals surface area contributed by atoms with E-state index in [-0.39, 0.29) is 17.3 Å². The molecule has 2 aromatic heterocycles. The molecular formula is C17H24N4O4S. The fourth-order valence-electron chi connectivity index (χ4n) is 3.20. The van der Waals surface area contributed by atoms with Gasteiger partial charge in [-0.3, -0.25) is 13.9 Å². The lowest BCUT2D eigenvalue weighted by atomic mass is 10.2. The van der Waals surface area contributed by atoms with Crippen molar-refractivity contribution in [2.24, 2.45) is 0 Å². The van der Waals surface area contributed by atoms with Gasteiger partial charge in [0.15, 0.2) is 0 Å². The van der Waals surface area contributed by atoms with E-state index in [0.717, 1.165) is 10.4 Å². The molecule has 1 N–H and O–H groups in total. The number of fused-ring (bicyclic) bond motifs is 1. The molecule has 8 nitrogen and oxygen atoms in total. The number of urea groups is 1. The number of hydrogen-bond donors (Lipinski definition) is 1. The van der Waals surface area contributed by atoms with Crippen molar-refractivity contribution in [2.75, 3.05) is 26.3 Å². The summed E-state index contributed by atoms with van der Waals surface area (Å²) in [5, 5.41) is 3.35. The van der Waals surface area contributed by atoms with E-state index < -0.39 is 0 Å². The van der Waals surface area contributed by atoms with Crippen LogP contribution in [-0.4, -0.2) is 46.4 Å². The monoisotopic (exact) mass is 380 g/mol. The number of aryl methyl sites for hydroxylation is 1. The van der Waals surface area contributed by atoms with Gasteiger partial charge in [0.2, 0.25) is 0 Å². The van der Waals surface area contributed by atoms with Gasteiger partial charge in [-0.15, -0.1) is 11.3 Å². The first-order valence-corrected chi connectivity index (χ1v) is 9.67. The smallest absolute Gasteiger partial charge is 0.332 e. The van der Waals surface area contributed by atoms with Crippen molar-refractivity contribution in [1.82, 2.24) is 19.4 Å². The van der Waals surface area contributed by atoms with Gasteiger partial charge in [-0.2, -0.15) is 0 Å². The number of hydrogen-bond acceptors (Lipinski definition) is 5. The van der Waals surface area contributed by atoms with Crippen LogP contribution in [0, 0.1) is 6.92 Å². The lowest BCUT2D eigenvalue weighted by Crippen LogP contribution is -2.40. The first-order valence-electron chi connectivity index (χ1n) is 8.85. The molecule has 0 spiro atoms. The SMILES string of the molecule is CCOCCn1c(=O)n(CC)c(=O)c2c(C)c(CN3CCNC3=O)sc21. The van der Waals surface area contributed by atoms with Gasteiger partial charge in [0.05, 0.1) is 25.1 Å². The van der Waals surface area contributed by atoms with Crippen LogP contribution in [-0.2, 0) is 24.4 Å². The number of aromatic nitrogens is 2. The molecule has 1 fully saturated rings. The molecule has 0 aliphatic carbocycles. The second-order valence-corrected chi connectivity index (χ2v) is 7.25. The maximum Gasteiger partial charge on any atom is 0.332 e. The second-order valence-electron chi connectivity index (χ2n) is 6.16. The van der Waals surface area contributed by atoms with E-state index in [4.69, 9.17) is 4.74 Å². The van der Waals surface area contributed by atoms with Crippen LogP contribution in [0.4, 0.5) is 4.79 Å². The summed E-state index contributed by atoms with van der Waals surface area (Å²) in [7, 11) is 0. The Morgan fingerprint density at radius 2 is 1.96 bits per heavy atom. The van der Waals surface area contributed by atoms with E-state index in [9.17, 15) is 14.4 Å². The Hall–Kier alpha value is -2.13. The maximum absolute atomic E-state index is 12.8. The highest BCUT2D eigenvalue weighted by Crippen LogP contribution is 2.29. The molecule has 142 valence electrons. The largest absolute Gasteiger partial charge is 0.380 e. The number of rotatable bonds is 7. The number of ether oxygens (including phenoxy) is 1. The van der Waals surface area contributed by atoms with Crippen molar-refractivity contribution in [3.05, 3.63) is 31.3 Å². The lowest BCUT2D eigenvalue weighted by Gasteiger charge is -2.12. The van der Waals surface area contributed by atoms with Gasteiger partial charge in [-0.1, -0.05) is 0 Å². The minimum atomic E-state index is -0.309. The summed E-state index contributed by atoms with van der Waals surface area (Å²) in [4.78, 5) is 40.8. The molecule has 0 saturated carbocycles. The third kappa shape index (κ3) is 3.16. The Labute approximate surface area is 155 Å². The van der Waals surface area contributed by atoms with E-state index >= 15 is 0 Å². The van der Waals surface area contributed by atoms with Crippen LogP contribution >= 0.6 is 11.3 Å². The van der Waals surface area contributed by atoms with Crippen molar-refractivity contribution >= 4 is 27.6 Å². The van der Waals surface area contributed by atoms with Crippen molar-refractivity contribution in [3.63, 3.8) is 0 Å². The predicted octanol–water partition coefficient (Wildman–Crippen LogP) is 1.11. The second kappa shape index (κ2) is 7.63. The molecule has 26 heavy (non-hydrogen) atoms. The van der Waals surface area contributed by atoms with E-state index in [1.54, 1.807) is 16.4 Å². The van der Waals surface area contributed by atoms with Crippen LogP contribution in [0.25, 0.3) is 10.2 Å².